The number of carbonyl (C=O) groups is 4. The summed E-state index contributed by atoms with van der Waals surface area (Å²) in [4.78, 5) is 51.5. The summed E-state index contributed by atoms with van der Waals surface area (Å²) in [5, 5.41) is 14.7. The molecule has 1 aliphatic heterocycles. The molecule has 10 heteroatoms. The number of benzene rings is 3. The van der Waals surface area contributed by atoms with E-state index in [0.717, 1.165) is 4.90 Å². The van der Waals surface area contributed by atoms with E-state index in [-0.39, 0.29) is 39.9 Å². The molecule has 3 N–H and O–H groups in total. The first-order valence-electron chi connectivity index (χ1n) is 10.8. The first kappa shape index (κ1) is 24.5. The molecule has 0 radical (unpaired) electrons. The van der Waals surface area contributed by atoms with Crippen LogP contribution >= 0.6 is 11.6 Å². The fraction of sp³-hybridized carbons (Fsp3) is 0.0769. The van der Waals surface area contributed by atoms with Crippen molar-refractivity contribution < 1.29 is 29.0 Å². The molecule has 0 fully saturated rings. The largest absolute Gasteiger partial charge is 0.508 e. The van der Waals surface area contributed by atoms with E-state index >= 15 is 0 Å². The van der Waals surface area contributed by atoms with Crippen LogP contribution in [0.3, 0.4) is 0 Å². The lowest BCUT2D eigenvalue weighted by atomic mass is 10.1. The van der Waals surface area contributed by atoms with Crippen molar-refractivity contribution in [2.75, 3.05) is 22.1 Å². The SMILES string of the molecule is CCOC(=O)c1cccc(N2C(=O)C(Cl)=C(Nc3cccc(C(=O)Nc4cccc(O)c4)c3)C2=O)c1. The summed E-state index contributed by atoms with van der Waals surface area (Å²) in [6.45, 7) is 1.85. The van der Waals surface area contributed by atoms with E-state index < -0.39 is 23.7 Å². The van der Waals surface area contributed by atoms with Gasteiger partial charge in [0.2, 0.25) is 0 Å². The quantitative estimate of drug-likeness (QED) is 0.323. The zero-order valence-electron chi connectivity index (χ0n) is 18.9. The lowest BCUT2D eigenvalue weighted by molar-refractivity contribution is -0.120. The van der Waals surface area contributed by atoms with Gasteiger partial charge in [-0.15, -0.1) is 0 Å². The zero-order valence-corrected chi connectivity index (χ0v) is 19.7. The first-order chi connectivity index (χ1) is 17.3. The van der Waals surface area contributed by atoms with Gasteiger partial charge in [-0.25, -0.2) is 9.69 Å². The maximum atomic E-state index is 13.1. The minimum absolute atomic E-state index is 0.00607. The second-order valence-electron chi connectivity index (χ2n) is 7.62. The van der Waals surface area contributed by atoms with E-state index in [9.17, 15) is 24.3 Å². The molecule has 0 saturated carbocycles. The molecule has 0 saturated heterocycles. The Morgan fingerprint density at radius 3 is 2.36 bits per heavy atom. The van der Waals surface area contributed by atoms with Gasteiger partial charge in [0.1, 0.15) is 16.5 Å². The Morgan fingerprint density at radius 2 is 1.61 bits per heavy atom. The van der Waals surface area contributed by atoms with Crippen LogP contribution in [0, 0.1) is 0 Å². The predicted octanol–water partition coefficient (Wildman–Crippen LogP) is 4.26. The molecule has 3 aromatic carbocycles. The molecule has 1 aliphatic rings. The lowest BCUT2D eigenvalue weighted by Gasteiger charge is -2.16. The number of imide groups is 1. The van der Waals surface area contributed by atoms with Crippen LogP contribution in [0.15, 0.2) is 83.5 Å². The average Bonchev–Trinajstić information content (AvgIpc) is 3.07. The van der Waals surface area contributed by atoms with Crippen LogP contribution in [-0.2, 0) is 14.3 Å². The highest BCUT2D eigenvalue weighted by atomic mass is 35.5. The molecule has 0 unspecified atom stereocenters. The maximum Gasteiger partial charge on any atom is 0.338 e. The number of esters is 1. The topological polar surface area (TPSA) is 125 Å². The molecule has 182 valence electrons. The van der Waals surface area contributed by atoms with E-state index in [1.165, 1.54) is 42.5 Å². The molecule has 9 nitrogen and oxygen atoms in total. The molecular weight excluding hydrogens is 486 g/mol. The molecule has 36 heavy (non-hydrogen) atoms. The van der Waals surface area contributed by atoms with Crippen molar-refractivity contribution in [3.63, 3.8) is 0 Å². The summed E-state index contributed by atoms with van der Waals surface area (Å²) < 4.78 is 4.97. The fourth-order valence-electron chi connectivity index (χ4n) is 3.50. The highest BCUT2D eigenvalue weighted by Gasteiger charge is 2.39. The van der Waals surface area contributed by atoms with E-state index in [1.807, 2.05) is 0 Å². The van der Waals surface area contributed by atoms with Gasteiger partial charge in [0.25, 0.3) is 17.7 Å². The summed E-state index contributed by atoms with van der Waals surface area (Å²) in [6, 6.07) is 18.2. The number of nitrogens with zero attached hydrogens (tertiary/aromatic N) is 1. The number of anilines is 3. The van der Waals surface area contributed by atoms with Crippen molar-refractivity contribution >= 4 is 52.4 Å². The smallest absolute Gasteiger partial charge is 0.338 e. The number of hydrogen-bond acceptors (Lipinski definition) is 7. The van der Waals surface area contributed by atoms with Crippen molar-refractivity contribution in [1.82, 2.24) is 0 Å². The Hall–Kier alpha value is -4.63. The molecule has 4 rings (SSSR count). The van der Waals surface area contributed by atoms with Gasteiger partial charge in [-0.3, -0.25) is 14.4 Å². The van der Waals surface area contributed by atoms with Gasteiger partial charge in [-0.1, -0.05) is 29.8 Å². The summed E-state index contributed by atoms with van der Waals surface area (Å²) in [5.74, 6) is -2.51. The molecule has 3 amide bonds. The number of ether oxygens (including phenoxy) is 1. The molecule has 0 aromatic heterocycles. The summed E-state index contributed by atoms with van der Waals surface area (Å²) in [6.07, 6.45) is 0. The Balaban J connectivity index is 1.53. The molecule has 0 bridgehead atoms. The fourth-order valence-corrected chi connectivity index (χ4v) is 3.71. The summed E-state index contributed by atoms with van der Waals surface area (Å²) in [5.41, 5.74) is 1.17. The predicted molar refractivity (Wildman–Crippen MR) is 134 cm³/mol. The Kier molecular flexibility index (Phi) is 7.03. The highest BCUT2D eigenvalue weighted by Crippen LogP contribution is 2.31. The van der Waals surface area contributed by atoms with Gasteiger partial charge in [0, 0.05) is 23.0 Å². The normalized spacial score (nSPS) is 13.1. The van der Waals surface area contributed by atoms with Crippen LogP contribution < -0.4 is 15.5 Å². The number of nitrogens with one attached hydrogen (secondary N) is 2. The van der Waals surface area contributed by atoms with Gasteiger partial charge < -0.3 is 20.5 Å². The van der Waals surface area contributed by atoms with Crippen LogP contribution in [0.5, 0.6) is 5.75 Å². The summed E-state index contributed by atoms with van der Waals surface area (Å²) >= 11 is 6.21. The molecule has 1 heterocycles. The minimum Gasteiger partial charge on any atom is -0.508 e. The Bertz CT molecular complexity index is 1420. The van der Waals surface area contributed by atoms with Crippen molar-refractivity contribution in [2.45, 2.75) is 6.92 Å². The number of amides is 3. The number of halogens is 1. The van der Waals surface area contributed by atoms with Gasteiger partial charge in [-0.05, 0) is 55.5 Å². The maximum absolute atomic E-state index is 13.1. The van der Waals surface area contributed by atoms with Crippen molar-refractivity contribution in [3.05, 3.63) is 94.7 Å². The zero-order chi connectivity index (χ0) is 25.8. The van der Waals surface area contributed by atoms with Crippen molar-refractivity contribution in [3.8, 4) is 5.75 Å². The third-order valence-electron chi connectivity index (χ3n) is 5.14. The van der Waals surface area contributed by atoms with Crippen LogP contribution in [0.2, 0.25) is 0 Å². The number of phenolic OH excluding ortho intramolecular Hbond substituents is 1. The third kappa shape index (κ3) is 5.06. The average molecular weight is 506 g/mol. The van der Waals surface area contributed by atoms with Gasteiger partial charge in [0.05, 0.1) is 17.9 Å². The van der Waals surface area contributed by atoms with Crippen LogP contribution in [0.25, 0.3) is 0 Å². The second kappa shape index (κ2) is 10.3. The summed E-state index contributed by atoms with van der Waals surface area (Å²) in [7, 11) is 0. The molecule has 3 aromatic rings. The van der Waals surface area contributed by atoms with Crippen molar-refractivity contribution in [1.29, 1.82) is 0 Å². The van der Waals surface area contributed by atoms with Gasteiger partial charge in [-0.2, -0.15) is 0 Å². The van der Waals surface area contributed by atoms with Crippen molar-refractivity contribution in [2.24, 2.45) is 0 Å². The number of hydrogen-bond donors (Lipinski definition) is 3. The van der Waals surface area contributed by atoms with Crippen LogP contribution in [0.4, 0.5) is 17.1 Å². The van der Waals surface area contributed by atoms with E-state index in [1.54, 1.807) is 37.3 Å². The van der Waals surface area contributed by atoms with Crippen LogP contribution in [-0.4, -0.2) is 35.4 Å². The lowest BCUT2D eigenvalue weighted by Crippen LogP contribution is -2.32. The monoisotopic (exact) mass is 505 g/mol. The number of carbonyl (C=O) groups excluding carboxylic acids is 4. The van der Waals surface area contributed by atoms with E-state index in [2.05, 4.69) is 10.6 Å². The Labute approximate surface area is 210 Å². The van der Waals surface area contributed by atoms with E-state index in [4.69, 9.17) is 16.3 Å². The second-order valence-corrected chi connectivity index (χ2v) is 7.99. The minimum atomic E-state index is -0.761. The molecule has 0 aliphatic carbocycles. The first-order valence-corrected chi connectivity index (χ1v) is 11.2. The van der Waals surface area contributed by atoms with E-state index in [0.29, 0.717) is 11.4 Å². The third-order valence-corrected chi connectivity index (χ3v) is 5.49. The molecular formula is C26H20ClN3O6. The standard InChI is InChI=1S/C26H20ClN3O6/c1-2-36-26(35)16-7-4-10-19(13-16)30-24(33)21(27)22(25(30)34)28-17-8-3-6-15(12-17)23(32)29-18-9-5-11-20(31)14-18/h3-14,28,31H,2H2,1H3,(H,29,32). The number of phenols is 1. The number of rotatable bonds is 7. The highest BCUT2D eigenvalue weighted by molar-refractivity contribution is 6.53. The van der Waals surface area contributed by atoms with Gasteiger partial charge >= 0.3 is 5.97 Å². The number of aromatic hydroxyl groups is 1. The van der Waals surface area contributed by atoms with Gasteiger partial charge in [0.15, 0.2) is 0 Å². The Morgan fingerprint density at radius 1 is 0.917 bits per heavy atom. The molecule has 0 spiro atoms. The van der Waals surface area contributed by atoms with Crippen LogP contribution in [0.1, 0.15) is 27.6 Å². The molecule has 0 atom stereocenters.